The van der Waals surface area contributed by atoms with Crippen molar-refractivity contribution in [2.75, 3.05) is 0 Å². The van der Waals surface area contributed by atoms with Gasteiger partial charge in [0.2, 0.25) is 0 Å². The summed E-state index contributed by atoms with van der Waals surface area (Å²) in [5, 5.41) is 26.0. The maximum absolute atomic E-state index is 10.4. The number of unbranched alkanes of at least 4 members (excludes halogenated alkanes) is 19. The maximum Gasteiger partial charge on any atom is 0.332 e. The standard InChI is InChI=1S/C20H40O3.C8H16O2/c1-2-3-4-5-6-7-8-9-10-11-12-13-14-15-16-17-18-19(21)20(22)23;1-2-3-4-5-6-7-8(9)10/h19,21H,2-18H2,1H3,(H,22,23);2-7H2,1H3,(H,9,10). The SMILES string of the molecule is CCCCCCCC(=O)O.CCCCCCCCCCCCCCCCCCC(O)C(=O)O. The first kappa shape index (κ1) is 34.1. The quantitative estimate of drug-likeness (QED) is 0.122. The van der Waals surface area contributed by atoms with Crippen molar-refractivity contribution in [3.63, 3.8) is 0 Å². The van der Waals surface area contributed by atoms with Crippen LogP contribution in [0.4, 0.5) is 0 Å². The average molecular weight is 473 g/mol. The second-order valence-corrected chi connectivity index (χ2v) is 9.50. The number of carboxylic acids is 2. The third-order valence-corrected chi connectivity index (χ3v) is 6.11. The molecule has 0 saturated carbocycles. The molecule has 3 N–H and O–H groups in total. The number of rotatable bonds is 24. The molecule has 0 aliphatic rings. The van der Waals surface area contributed by atoms with Gasteiger partial charge in [-0.1, -0.05) is 142 Å². The third-order valence-electron chi connectivity index (χ3n) is 6.11. The molecular formula is C28H56O5. The Labute approximate surface area is 204 Å². The molecule has 0 aliphatic carbocycles. The Balaban J connectivity index is 0. The zero-order valence-electron chi connectivity index (χ0n) is 22.0. The van der Waals surface area contributed by atoms with Gasteiger partial charge >= 0.3 is 11.9 Å². The van der Waals surface area contributed by atoms with E-state index in [9.17, 15) is 9.59 Å². The van der Waals surface area contributed by atoms with Crippen LogP contribution in [0.25, 0.3) is 0 Å². The highest BCUT2D eigenvalue weighted by Crippen LogP contribution is 2.14. The van der Waals surface area contributed by atoms with E-state index in [1.54, 1.807) is 0 Å². The van der Waals surface area contributed by atoms with E-state index in [4.69, 9.17) is 15.3 Å². The van der Waals surface area contributed by atoms with Crippen molar-refractivity contribution in [2.24, 2.45) is 0 Å². The van der Waals surface area contributed by atoms with Crippen LogP contribution < -0.4 is 0 Å². The zero-order chi connectivity index (χ0) is 25.0. The highest BCUT2D eigenvalue weighted by Gasteiger charge is 2.11. The van der Waals surface area contributed by atoms with Crippen LogP contribution in [-0.2, 0) is 9.59 Å². The maximum atomic E-state index is 10.4. The summed E-state index contributed by atoms with van der Waals surface area (Å²) in [6, 6.07) is 0. The molecule has 0 spiro atoms. The number of carboxylic acid groups (broad SMARTS) is 2. The second-order valence-electron chi connectivity index (χ2n) is 9.50. The summed E-state index contributed by atoms with van der Waals surface area (Å²) in [6.07, 6.45) is 26.1. The lowest BCUT2D eigenvalue weighted by atomic mass is 10.0. The summed E-state index contributed by atoms with van der Waals surface area (Å²) in [6.45, 7) is 4.42. The van der Waals surface area contributed by atoms with Gasteiger partial charge < -0.3 is 15.3 Å². The summed E-state index contributed by atoms with van der Waals surface area (Å²) < 4.78 is 0. The molecule has 0 aliphatic heterocycles. The van der Waals surface area contributed by atoms with Crippen molar-refractivity contribution in [3.8, 4) is 0 Å². The number of aliphatic hydroxyl groups is 1. The van der Waals surface area contributed by atoms with E-state index in [0.29, 0.717) is 12.8 Å². The van der Waals surface area contributed by atoms with Crippen molar-refractivity contribution >= 4 is 11.9 Å². The Hall–Kier alpha value is -1.10. The molecule has 5 nitrogen and oxygen atoms in total. The number of carbonyl (C=O) groups is 2. The van der Waals surface area contributed by atoms with Gasteiger partial charge in [0.1, 0.15) is 0 Å². The predicted molar refractivity (Wildman–Crippen MR) is 139 cm³/mol. The van der Waals surface area contributed by atoms with E-state index in [1.807, 2.05) is 0 Å². The van der Waals surface area contributed by atoms with E-state index in [1.165, 1.54) is 109 Å². The van der Waals surface area contributed by atoms with Crippen LogP contribution in [0.3, 0.4) is 0 Å². The Morgan fingerprint density at radius 1 is 0.515 bits per heavy atom. The number of aliphatic hydroxyl groups excluding tert-OH is 1. The molecule has 0 fully saturated rings. The van der Waals surface area contributed by atoms with Gasteiger partial charge in [-0.05, 0) is 12.8 Å². The van der Waals surface area contributed by atoms with Crippen molar-refractivity contribution in [1.29, 1.82) is 0 Å². The fourth-order valence-corrected chi connectivity index (χ4v) is 3.89. The molecule has 33 heavy (non-hydrogen) atoms. The number of aliphatic carboxylic acids is 2. The van der Waals surface area contributed by atoms with Gasteiger partial charge in [0.05, 0.1) is 0 Å². The lowest BCUT2D eigenvalue weighted by Gasteiger charge is -2.05. The van der Waals surface area contributed by atoms with E-state index >= 15 is 0 Å². The molecule has 1 unspecified atom stereocenters. The Bertz CT molecular complexity index is 411. The van der Waals surface area contributed by atoms with Crippen LogP contribution in [0, 0.1) is 0 Å². The molecular weight excluding hydrogens is 416 g/mol. The number of hydrogen-bond donors (Lipinski definition) is 3. The minimum absolute atomic E-state index is 0.337. The van der Waals surface area contributed by atoms with Crippen LogP contribution in [-0.4, -0.2) is 33.4 Å². The molecule has 0 aromatic heterocycles. The van der Waals surface area contributed by atoms with Gasteiger partial charge in [0.15, 0.2) is 6.10 Å². The van der Waals surface area contributed by atoms with Gasteiger partial charge in [-0.15, -0.1) is 0 Å². The highest BCUT2D eigenvalue weighted by molar-refractivity contribution is 5.71. The summed E-state index contributed by atoms with van der Waals surface area (Å²) in [7, 11) is 0. The lowest BCUT2D eigenvalue weighted by Crippen LogP contribution is -2.18. The molecule has 0 aromatic carbocycles. The van der Waals surface area contributed by atoms with Crippen molar-refractivity contribution in [1.82, 2.24) is 0 Å². The van der Waals surface area contributed by atoms with Crippen LogP contribution in [0.5, 0.6) is 0 Å². The molecule has 0 bridgehead atoms. The fraction of sp³-hybridized carbons (Fsp3) is 0.929. The first-order valence-corrected chi connectivity index (χ1v) is 14.1. The fourth-order valence-electron chi connectivity index (χ4n) is 3.89. The molecule has 0 heterocycles. The van der Waals surface area contributed by atoms with Crippen LogP contribution in [0.1, 0.15) is 162 Å². The lowest BCUT2D eigenvalue weighted by molar-refractivity contribution is -0.147. The summed E-state index contributed by atoms with van der Waals surface area (Å²) in [5.41, 5.74) is 0. The summed E-state index contributed by atoms with van der Waals surface area (Å²) in [4.78, 5) is 20.5. The van der Waals surface area contributed by atoms with Crippen LogP contribution in [0.15, 0.2) is 0 Å². The Morgan fingerprint density at radius 3 is 1.12 bits per heavy atom. The second kappa shape index (κ2) is 28.9. The smallest absolute Gasteiger partial charge is 0.332 e. The molecule has 198 valence electrons. The molecule has 0 aromatic rings. The van der Waals surface area contributed by atoms with E-state index in [2.05, 4.69) is 13.8 Å². The molecule has 0 radical (unpaired) electrons. The Morgan fingerprint density at radius 2 is 0.818 bits per heavy atom. The predicted octanol–water partition coefficient (Wildman–Crippen LogP) is 8.52. The van der Waals surface area contributed by atoms with Gasteiger partial charge in [-0.25, -0.2) is 4.79 Å². The highest BCUT2D eigenvalue weighted by atomic mass is 16.4. The van der Waals surface area contributed by atoms with Gasteiger partial charge in [0, 0.05) is 6.42 Å². The molecule has 1 atom stereocenters. The van der Waals surface area contributed by atoms with Crippen molar-refractivity contribution in [3.05, 3.63) is 0 Å². The average Bonchev–Trinajstić information content (AvgIpc) is 2.78. The first-order chi connectivity index (χ1) is 16.0. The summed E-state index contributed by atoms with van der Waals surface area (Å²) in [5.74, 6) is -1.76. The topological polar surface area (TPSA) is 94.8 Å². The first-order valence-electron chi connectivity index (χ1n) is 14.1. The third kappa shape index (κ3) is 33.2. The molecule has 0 saturated heterocycles. The minimum atomic E-state index is -1.17. The molecule has 5 heteroatoms. The number of hydrogen-bond acceptors (Lipinski definition) is 3. The van der Waals surface area contributed by atoms with E-state index in [-0.39, 0.29) is 0 Å². The normalized spacial score (nSPS) is 11.6. The van der Waals surface area contributed by atoms with Crippen LogP contribution >= 0.6 is 0 Å². The minimum Gasteiger partial charge on any atom is -0.481 e. The summed E-state index contributed by atoms with van der Waals surface area (Å²) >= 11 is 0. The van der Waals surface area contributed by atoms with Gasteiger partial charge in [0.25, 0.3) is 0 Å². The van der Waals surface area contributed by atoms with E-state index in [0.717, 1.165) is 25.7 Å². The van der Waals surface area contributed by atoms with Gasteiger partial charge in [-0.3, -0.25) is 4.79 Å². The van der Waals surface area contributed by atoms with Gasteiger partial charge in [-0.2, -0.15) is 0 Å². The molecule has 0 amide bonds. The van der Waals surface area contributed by atoms with Crippen LogP contribution in [0.2, 0.25) is 0 Å². The van der Waals surface area contributed by atoms with E-state index < -0.39 is 18.0 Å². The largest absolute Gasteiger partial charge is 0.481 e. The zero-order valence-corrected chi connectivity index (χ0v) is 22.0. The Kier molecular flexibility index (Phi) is 29.9. The van der Waals surface area contributed by atoms with Crippen molar-refractivity contribution < 1.29 is 24.9 Å². The monoisotopic (exact) mass is 472 g/mol. The molecule has 0 rings (SSSR count). The van der Waals surface area contributed by atoms with Crippen molar-refractivity contribution in [2.45, 2.75) is 168 Å².